The number of fused-ring (bicyclic) bond motifs is 1. The molecule has 0 saturated heterocycles. The quantitative estimate of drug-likeness (QED) is 0.548. The molecule has 0 aliphatic heterocycles. The van der Waals surface area contributed by atoms with Gasteiger partial charge in [-0.2, -0.15) is 0 Å². The molecule has 0 aliphatic rings. The molecule has 0 unspecified atom stereocenters. The van der Waals surface area contributed by atoms with Gasteiger partial charge < -0.3 is 9.72 Å². The van der Waals surface area contributed by atoms with Crippen molar-refractivity contribution in [2.24, 2.45) is 0 Å². The van der Waals surface area contributed by atoms with Crippen LogP contribution in [-0.4, -0.2) is 25.5 Å². The van der Waals surface area contributed by atoms with E-state index >= 15 is 0 Å². The molecule has 3 aromatic carbocycles. The van der Waals surface area contributed by atoms with E-state index in [0.29, 0.717) is 28.3 Å². The maximum Gasteiger partial charge on any atom is 0.262 e. The van der Waals surface area contributed by atoms with Crippen molar-refractivity contribution in [2.45, 2.75) is 4.90 Å². The topological polar surface area (TPSA) is 84.1 Å². The molecule has 2 N–H and O–H groups in total. The third kappa shape index (κ3) is 3.37. The van der Waals surface area contributed by atoms with Crippen molar-refractivity contribution >= 4 is 26.7 Å². The third-order valence-corrected chi connectivity index (χ3v) is 5.53. The number of methoxy groups -OCH3 is 1. The highest BCUT2D eigenvalue weighted by molar-refractivity contribution is 7.92. The number of hydrogen-bond donors (Lipinski definition) is 2. The molecule has 0 spiro atoms. The van der Waals surface area contributed by atoms with E-state index in [1.54, 1.807) is 36.4 Å². The average molecular weight is 379 g/mol. The Morgan fingerprint density at radius 1 is 0.963 bits per heavy atom. The van der Waals surface area contributed by atoms with Crippen molar-refractivity contribution in [3.8, 4) is 17.1 Å². The van der Waals surface area contributed by atoms with E-state index in [4.69, 9.17) is 4.74 Å². The highest BCUT2D eigenvalue weighted by Crippen LogP contribution is 2.27. The summed E-state index contributed by atoms with van der Waals surface area (Å²) in [6.45, 7) is 0. The first kappa shape index (κ1) is 17.1. The minimum Gasteiger partial charge on any atom is -0.495 e. The van der Waals surface area contributed by atoms with Crippen LogP contribution in [0.4, 0.5) is 5.69 Å². The van der Waals surface area contributed by atoms with E-state index in [1.807, 2.05) is 30.3 Å². The lowest BCUT2D eigenvalue weighted by Crippen LogP contribution is -2.13. The number of rotatable bonds is 5. The predicted molar refractivity (Wildman–Crippen MR) is 105 cm³/mol. The normalized spacial score (nSPS) is 11.4. The van der Waals surface area contributed by atoms with Crippen molar-refractivity contribution in [2.75, 3.05) is 11.8 Å². The molecule has 0 atom stereocenters. The summed E-state index contributed by atoms with van der Waals surface area (Å²) < 4.78 is 33.4. The van der Waals surface area contributed by atoms with Crippen molar-refractivity contribution < 1.29 is 13.2 Å². The lowest BCUT2D eigenvalue weighted by molar-refractivity contribution is 0.417. The molecule has 0 amide bonds. The van der Waals surface area contributed by atoms with Gasteiger partial charge in [0.25, 0.3) is 10.0 Å². The second-order valence-corrected chi connectivity index (χ2v) is 7.62. The molecule has 0 saturated carbocycles. The number of anilines is 1. The molecular weight excluding hydrogens is 362 g/mol. The zero-order valence-corrected chi connectivity index (χ0v) is 15.3. The molecular formula is C20H17N3O3S. The molecule has 27 heavy (non-hydrogen) atoms. The Hall–Kier alpha value is -3.32. The van der Waals surface area contributed by atoms with E-state index in [2.05, 4.69) is 14.7 Å². The summed E-state index contributed by atoms with van der Waals surface area (Å²) >= 11 is 0. The van der Waals surface area contributed by atoms with Gasteiger partial charge in [-0.15, -0.1) is 0 Å². The highest BCUT2D eigenvalue weighted by atomic mass is 32.2. The summed E-state index contributed by atoms with van der Waals surface area (Å²) in [6.07, 6.45) is 0. The molecule has 1 aromatic heterocycles. The van der Waals surface area contributed by atoms with Gasteiger partial charge in [-0.25, -0.2) is 13.4 Å². The van der Waals surface area contributed by atoms with Crippen LogP contribution in [0.5, 0.6) is 5.75 Å². The van der Waals surface area contributed by atoms with E-state index in [-0.39, 0.29) is 4.90 Å². The number of imidazole rings is 1. The van der Waals surface area contributed by atoms with Gasteiger partial charge in [-0.3, -0.25) is 4.72 Å². The van der Waals surface area contributed by atoms with Crippen LogP contribution in [0.15, 0.2) is 77.7 Å². The number of para-hydroxylation sites is 2. The second-order valence-electron chi connectivity index (χ2n) is 5.94. The van der Waals surface area contributed by atoms with Gasteiger partial charge in [-0.1, -0.05) is 42.5 Å². The largest absolute Gasteiger partial charge is 0.495 e. The Morgan fingerprint density at radius 3 is 2.48 bits per heavy atom. The van der Waals surface area contributed by atoms with Crippen LogP contribution < -0.4 is 9.46 Å². The summed E-state index contributed by atoms with van der Waals surface area (Å²) in [5, 5.41) is 0. The number of benzene rings is 3. The van der Waals surface area contributed by atoms with Crippen molar-refractivity contribution in [1.29, 1.82) is 0 Å². The molecule has 6 nitrogen and oxygen atoms in total. The molecule has 4 rings (SSSR count). The van der Waals surface area contributed by atoms with Gasteiger partial charge in [-0.05, 0) is 30.3 Å². The summed E-state index contributed by atoms with van der Waals surface area (Å²) in [7, 11) is -2.28. The number of hydrogen-bond acceptors (Lipinski definition) is 4. The van der Waals surface area contributed by atoms with Gasteiger partial charge in [0.05, 0.1) is 28.7 Å². The van der Waals surface area contributed by atoms with Crippen LogP contribution in [-0.2, 0) is 10.0 Å². The van der Waals surface area contributed by atoms with Crippen molar-refractivity contribution in [3.63, 3.8) is 0 Å². The Kier molecular flexibility index (Phi) is 4.29. The fourth-order valence-electron chi connectivity index (χ4n) is 2.82. The number of nitrogens with one attached hydrogen (secondary N) is 2. The number of aromatic nitrogens is 2. The number of ether oxygens (including phenoxy) is 1. The molecule has 4 aromatic rings. The summed E-state index contributed by atoms with van der Waals surface area (Å²) in [5.74, 6) is 1.15. The van der Waals surface area contributed by atoms with Gasteiger partial charge >= 0.3 is 0 Å². The SMILES string of the molecule is COc1ccccc1NS(=O)(=O)c1ccc2nc(-c3ccccc3)[nH]c2c1. The lowest BCUT2D eigenvalue weighted by atomic mass is 10.2. The first-order valence-corrected chi connectivity index (χ1v) is 9.76. The monoisotopic (exact) mass is 379 g/mol. The Bertz CT molecular complexity index is 1200. The Morgan fingerprint density at radius 2 is 1.70 bits per heavy atom. The van der Waals surface area contributed by atoms with Crippen molar-refractivity contribution in [3.05, 3.63) is 72.8 Å². The van der Waals surface area contributed by atoms with E-state index in [9.17, 15) is 8.42 Å². The Balaban J connectivity index is 1.71. The lowest BCUT2D eigenvalue weighted by Gasteiger charge is -2.11. The maximum atomic E-state index is 12.8. The Labute approximate surface area is 156 Å². The van der Waals surface area contributed by atoms with E-state index in [1.165, 1.54) is 13.2 Å². The molecule has 0 bridgehead atoms. The van der Waals surface area contributed by atoms with Gasteiger partial charge in [0.15, 0.2) is 0 Å². The zero-order chi connectivity index (χ0) is 18.9. The van der Waals surface area contributed by atoms with Crippen LogP contribution in [0.1, 0.15) is 0 Å². The smallest absolute Gasteiger partial charge is 0.262 e. The first-order valence-electron chi connectivity index (χ1n) is 8.28. The van der Waals surface area contributed by atoms with Gasteiger partial charge in [0, 0.05) is 5.56 Å². The number of nitrogens with zero attached hydrogens (tertiary/aromatic N) is 1. The molecule has 0 fully saturated rings. The fourth-order valence-corrected chi connectivity index (χ4v) is 3.92. The summed E-state index contributed by atoms with van der Waals surface area (Å²) in [5.41, 5.74) is 2.67. The van der Waals surface area contributed by atoms with Crippen LogP contribution in [0, 0.1) is 0 Å². The van der Waals surface area contributed by atoms with Crippen LogP contribution in [0.2, 0.25) is 0 Å². The fraction of sp³-hybridized carbons (Fsp3) is 0.0500. The molecule has 0 aliphatic carbocycles. The van der Waals surface area contributed by atoms with Gasteiger partial charge in [0.1, 0.15) is 11.6 Å². The number of aromatic amines is 1. The minimum atomic E-state index is -3.77. The molecule has 0 radical (unpaired) electrons. The predicted octanol–water partition coefficient (Wildman–Crippen LogP) is 4.04. The summed E-state index contributed by atoms with van der Waals surface area (Å²) in [6, 6.07) is 21.3. The first-order chi connectivity index (χ1) is 13.1. The van der Waals surface area contributed by atoms with Crippen LogP contribution in [0.25, 0.3) is 22.4 Å². The standard InChI is InChI=1S/C20H17N3O3S/c1-26-19-10-6-5-9-17(19)23-27(24,25)15-11-12-16-18(13-15)22-20(21-16)14-7-3-2-4-8-14/h2-13,23H,1H3,(H,21,22). The highest BCUT2D eigenvalue weighted by Gasteiger charge is 2.18. The minimum absolute atomic E-state index is 0.143. The van der Waals surface area contributed by atoms with Crippen LogP contribution in [0.3, 0.4) is 0 Å². The maximum absolute atomic E-state index is 12.8. The van der Waals surface area contributed by atoms with Crippen LogP contribution >= 0.6 is 0 Å². The van der Waals surface area contributed by atoms with E-state index < -0.39 is 10.0 Å². The van der Waals surface area contributed by atoms with Crippen molar-refractivity contribution in [1.82, 2.24) is 9.97 Å². The zero-order valence-electron chi connectivity index (χ0n) is 14.5. The average Bonchev–Trinajstić information content (AvgIpc) is 3.12. The number of H-pyrrole nitrogens is 1. The third-order valence-electron chi connectivity index (χ3n) is 4.16. The molecule has 7 heteroatoms. The molecule has 1 heterocycles. The summed E-state index contributed by atoms with van der Waals surface area (Å²) in [4.78, 5) is 7.85. The molecule has 136 valence electrons. The number of sulfonamides is 1. The van der Waals surface area contributed by atoms with Gasteiger partial charge in [0.2, 0.25) is 0 Å². The second kappa shape index (κ2) is 6.77. The van der Waals surface area contributed by atoms with E-state index in [0.717, 1.165) is 5.56 Å².